The Balaban J connectivity index is 1.76. The molecule has 1 saturated heterocycles. The number of hydrogen-bond donors (Lipinski definition) is 0. The molecule has 4 heterocycles. The number of carbonyl (C=O) groups excluding carboxylic acids is 1. The SMILES string of the molecule is CCc1nn(CC(=O)N2CCCCC2C)c(=O)c2cc3sccc3n12. The molecule has 0 bridgehead atoms. The van der Waals surface area contributed by atoms with Crippen molar-refractivity contribution >= 4 is 33.0 Å². The van der Waals surface area contributed by atoms with E-state index in [0.29, 0.717) is 11.9 Å². The zero-order valence-corrected chi connectivity index (χ0v) is 15.4. The summed E-state index contributed by atoms with van der Waals surface area (Å²) < 4.78 is 4.35. The summed E-state index contributed by atoms with van der Waals surface area (Å²) in [5, 5.41) is 6.52. The van der Waals surface area contributed by atoms with Crippen molar-refractivity contribution in [2.24, 2.45) is 0 Å². The fourth-order valence-corrected chi connectivity index (χ4v) is 4.55. The van der Waals surface area contributed by atoms with Gasteiger partial charge in [-0.2, -0.15) is 5.10 Å². The highest BCUT2D eigenvalue weighted by molar-refractivity contribution is 7.17. The second kappa shape index (κ2) is 6.29. The van der Waals surface area contributed by atoms with Gasteiger partial charge < -0.3 is 4.90 Å². The zero-order valence-electron chi connectivity index (χ0n) is 14.6. The van der Waals surface area contributed by atoms with Crippen LogP contribution >= 0.6 is 11.3 Å². The number of likely N-dealkylation sites (tertiary alicyclic amines) is 1. The van der Waals surface area contributed by atoms with Crippen LogP contribution in [0, 0.1) is 0 Å². The van der Waals surface area contributed by atoms with Gasteiger partial charge in [0.2, 0.25) is 5.91 Å². The molecular weight excluding hydrogens is 336 g/mol. The molecule has 7 heteroatoms. The number of carbonyl (C=O) groups is 1. The topological polar surface area (TPSA) is 59.6 Å². The first kappa shape index (κ1) is 16.3. The van der Waals surface area contributed by atoms with Crippen molar-refractivity contribution in [3.8, 4) is 0 Å². The maximum atomic E-state index is 12.9. The van der Waals surface area contributed by atoms with Crippen LogP contribution < -0.4 is 5.56 Å². The molecule has 1 aliphatic heterocycles. The molecule has 1 fully saturated rings. The molecule has 25 heavy (non-hydrogen) atoms. The van der Waals surface area contributed by atoms with Gasteiger partial charge >= 0.3 is 0 Å². The van der Waals surface area contributed by atoms with Crippen LogP contribution in [0.3, 0.4) is 0 Å². The Morgan fingerprint density at radius 1 is 1.36 bits per heavy atom. The molecular formula is C18H22N4O2S. The molecule has 0 saturated carbocycles. The Kier molecular flexibility index (Phi) is 4.11. The Labute approximate surface area is 149 Å². The predicted molar refractivity (Wildman–Crippen MR) is 99.2 cm³/mol. The largest absolute Gasteiger partial charge is 0.338 e. The van der Waals surface area contributed by atoms with Gasteiger partial charge in [-0.1, -0.05) is 6.92 Å². The first-order valence-electron chi connectivity index (χ1n) is 8.88. The van der Waals surface area contributed by atoms with E-state index in [1.807, 2.05) is 33.7 Å². The van der Waals surface area contributed by atoms with E-state index in [4.69, 9.17) is 0 Å². The fraction of sp³-hybridized carbons (Fsp3) is 0.500. The van der Waals surface area contributed by atoms with Crippen LogP contribution in [0.4, 0.5) is 0 Å². The van der Waals surface area contributed by atoms with Crippen molar-refractivity contribution in [1.29, 1.82) is 0 Å². The zero-order chi connectivity index (χ0) is 17.6. The average Bonchev–Trinajstić information content (AvgIpc) is 3.19. The van der Waals surface area contributed by atoms with E-state index in [0.717, 1.165) is 41.8 Å². The summed E-state index contributed by atoms with van der Waals surface area (Å²) in [6.07, 6.45) is 3.93. The third-order valence-corrected chi connectivity index (χ3v) is 5.95. The number of aromatic nitrogens is 3. The van der Waals surface area contributed by atoms with E-state index >= 15 is 0 Å². The minimum atomic E-state index is -0.196. The minimum absolute atomic E-state index is 0.0124. The summed E-state index contributed by atoms with van der Waals surface area (Å²) in [4.78, 5) is 27.5. The van der Waals surface area contributed by atoms with Gasteiger partial charge in [-0.3, -0.25) is 14.0 Å². The van der Waals surface area contributed by atoms with Gasteiger partial charge in [0.15, 0.2) is 0 Å². The lowest BCUT2D eigenvalue weighted by molar-refractivity contribution is -0.135. The first-order valence-corrected chi connectivity index (χ1v) is 9.76. The molecule has 3 aromatic rings. The second-order valence-electron chi connectivity index (χ2n) is 6.70. The van der Waals surface area contributed by atoms with Gasteiger partial charge in [0.1, 0.15) is 17.9 Å². The number of aryl methyl sites for hydroxylation is 1. The first-order chi connectivity index (χ1) is 12.1. The van der Waals surface area contributed by atoms with Crippen LogP contribution in [-0.2, 0) is 17.8 Å². The van der Waals surface area contributed by atoms with Crippen molar-refractivity contribution in [2.45, 2.75) is 52.1 Å². The second-order valence-corrected chi connectivity index (χ2v) is 7.65. The number of fused-ring (bicyclic) bond motifs is 3. The Morgan fingerprint density at radius 3 is 2.96 bits per heavy atom. The van der Waals surface area contributed by atoms with Crippen molar-refractivity contribution in [2.75, 3.05) is 6.54 Å². The van der Waals surface area contributed by atoms with E-state index in [1.165, 1.54) is 4.68 Å². The molecule has 0 aromatic carbocycles. The minimum Gasteiger partial charge on any atom is -0.338 e. The Bertz CT molecular complexity index is 1000. The molecule has 6 nitrogen and oxygen atoms in total. The molecule has 1 aliphatic rings. The van der Waals surface area contributed by atoms with E-state index in [1.54, 1.807) is 11.3 Å². The quantitative estimate of drug-likeness (QED) is 0.723. The fourth-order valence-electron chi connectivity index (χ4n) is 3.75. The molecule has 1 amide bonds. The summed E-state index contributed by atoms with van der Waals surface area (Å²) in [5.74, 6) is 0.795. The Morgan fingerprint density at radius 2 is 2.20 bits per heavy atom. The van der Waals surface area contributed by atoms with E-state index in [2.05, 4.69) is 12.0 Å². The average molecular weight is 358 g/mol. The summed E-state index contributed by atoms with van der Waals surface area (Å²) in [5.41, 5.74) is 1.43. The van der Waals surface area contributed by atoms with Crippen LogP contribution in [-0.4, -0.2) is 37.6 Å². The highest BCUT2D eigenvalue weighted by Gasteiger charge is 2.24. The standard InChI is InChI=1S/C18H22N4O2S/c1-3-16-19-21(11-17(23)20-8-5-4-6-12(20)2)18(24)14-10-15-13(22(14)16)7-9-25-15/h7,9-10,12H,3-6,8,11H2,1-2H3. The number of piperidine rings is 1. The van der Waals surface area contributed by atoms with Gasteiger partial charge in [-0.25, -0.2) is 4.68 Å². The number of hydrogen-bond acceptors (Lipinski definition) is 4. The van der Waals surface area contributed by atoms with Gasteiger partial charge in [0.05, 0.1) is 10.2 Å². The normalized spacial score (nSPS) is 18.3. The highest BCUT2D eigenvalue weighted by atomic mass is 32.1. The van der Waals surface area contributed by atoms with Gasteiger partial charge in [0, 0.05) is 19.0 Å². The Hall–Kier alpha value is -2.15. The van der Waals surface area contributed by atoms with Gasteiger partial charge in [-0.05, 0) is 43.7 Å². The summed E-state index contributed by atoms with van der Waals surface area (Å²) in [7, 11) is 0. The van der Waals surface area contributed by atoms with E-state index < -0.39 is 0 Å². The molecule has 0 radical (unpaired) electrons. The van der Waals surface area contributed by atoms with E-state index in [9.17, 15) is 9.59 Å². The lowest BCUT2D eigenvalue weighted by Crippen LogP contribution is -2.45. The highest BCUT2D eigenvalue weighted by Crippen LogP contribution is 2.24. The smallest absolute Gasteiger partial charge is 0.291 e. The third kappa shape index (κ3) is 2.66. The number of rotatable bonds is 3. The molecule has 1 unspecified atom stereocenters. The third-order valence-electron chi connectivity index (χ3n) is 5.10. The molecule has 1 atom stereocenters. The number of amides is 1. The van der Waals surface area contributed by atoms with Crippen molar-refractivity contribution in [3.05, 3.63) is 33.7 Å². The summed E-state index contributed by atoms with van der Waals surface area (Å²) in [6.45, 7) is 4.89. The summed E-state index contributed by atoms with van der Waals surface area (Å²) >= 11 is 1.61. The number of nitrogens with zero attached hydrogens (tertiary/aromatic N) is 4. The van der Waals surface area contributed by atoms with Crippen LogP contribution in [0.15, 0.2) is 22.3 Å². The van der Waals surface area contributed by atoms with Crippen LogP contribution in [0.25, 0.3) is 15.7 Å². The van der Waals surface area contributed by atoms with E-state index in [-0.39, 0.29) is 24.1 Å². The van der Waals surface area contributed by atoms with Gasteiger partial charge in [-0.15, -0.1) is 11.3 Å². The summed E-state index contributed by atoms with van der Waals surface area (Å²) in [6, 6.07) is 4.16. The predicted octanol–water partition coefficient (Wildman–Crippen LogP) is 2.67. The van der Waals surface area contributed by atoms with Gasteiger partial charge in [0.25, 0.3) is 5.56 Å². The van der Waals surface area contributed by atoms with Crippen LogP contribution in [0.5, 0.6) is 0 Å². The maximum absolute atomic E-state index is 12.9. The molecule has 0 spiro atoms. The van der Waals surface area contributed by atoms with Crippen molar-refractivity contribution in [3.63, 3.8) is 0 Å². The lowest BCUT2D eigenvalue weighted by Gasteiger charge is -2.33. The molecule has 3 aromatic heterocycles. The maximum Gasteiger partial charge on any atom is 0.291 e. The molecule has 132 valence electrons. The number of thiophene rings is 1. The molecule has 0 N–H and O–H groups in total. The van der Waals surface area contributed by atoms with Crippen molar-refractivity contribution in [1.82, 2.24) is 19.1 Å². The molecule has 4 rings (SSSR count). The van der Waals surface area contributed by atoms with Crippen molar-refractivity contribution < 1.29 is 4.79 Å². The lowest BCUT2D eigenvalue weighted by atomic mass is 10.0. The molecule has 0 aliphatic carbocycles. The monoisotopic (exact) mass is 358 g/mol. The van der Waals surface area contributed by atoms with Crippen LogP contribution in [0.2, 0.25) is 0 Å². The van der Waals surface area contributed by atoms with Crippen LogP contribution in [0.1, 0.15) is 38.9 Å².